The molecular formula is C21H20N6O3. The number of aromatic amines is 1. The number of carboxylic acids is 1. The lowest BCUT2D eigenvalue weighted by Crippen LogP contribution is -2.43. The number of benzene rings is 1. The van der Waals surface area contributed by atoms with Gasteiger partial charge in [0.2, 0.25) is 0 Å². The molecule has 0 bridgehead atoms. The molecule has 9 nitrogen and oxygen atoms in total. The molecule has 0 spiro atoms. The molecular weight excluding hydrogens is 384 g/mol. The standard InChI is InChI=1S/C21H20N6O3/c1-12-7-21(8-12,20-25-23-11-26(20)2)13-4-3-5-14(6-13)27-10-16(19(29)30)15-9-22-24-17(15)18(27)28/h3-6,9-12H,7-8H2,1-2H3,(H,22,24)(H,29,30)/t12-,21+. The van der Waals surface area contributed by atoms with Crippen molar-refractivity contribution in [2.24, 2.45) is 13.0 Å². The molecule has 2 N–H and O–H groups in total. The van der Waals surface area contributed by atoms with Gasteiger partial charge in [-0.15, -0.1) is 10.2 Å². The highest BCUT2D eigenvalue weighted by Crippen LogP contribution is 2.51. The summed E-state index contributed by atoms with van der Waals surface area (Å²) in [4.78, 5) is 24.8. The molecule has 30 heavy (non-hydrogen) atoms. The average molecular weight is 404 g/mol. The zero-order chi connectivity index (χ0) is 21.0. The van der Waals surface area contributed by atoms with Crippen LogP contribution in [0, 0.1) is 5.92 Å². The molecule has 3 aromatic heterocycles. The minimum absolute atomic E-state index is 0.0176. The largest absolute Gasteiger partial charge is 0.478 e. The SMILES string of the molecule is Cn1cnnc1[C@]1(c2cccc(-n3cc(C(=O)O)c4cn[nH]c4c3=O)c2)C[C@H](C)C1. The van der Waals surface area contributed by atoms with Gasteiger partial charge in [-0.1, -0.05) is 19.1 Å². The number of pyridine rings is 1. The fourth-order valence-electron chi connectivity index (χ4n) is 4.74. The number of aryl methyl sites for hydroxylation is 1. The van der Waals surface area contributed by atoms with Crippen molar-refractivity contribution in [3.8, 4) is 5.69 Å². The van der Waals surface area contributed by atoms with Gasteiger partial charge in [0.05, 0.1) is 17.2 Å². The van der Waals surface area contributed by atoms with Gasteiger partial charge < -0.3 is 9.67 Å². The van der Waals surface area contributed by atoms with E-state index in [1.54, 1.807) is 12.4 Å². The van der Waals surface area contributed by atoms with Gasteiger partial charge in [0.1, 0.15) is 17.7 Å². The Kier molecular flexibility index (Phi) is 3.89. The summed E-state index contributed by atoms with van der Waals surface area (Å²) in [5.41, 5.74) is 1.18. The van der Waals surface area contributed by atoms with E-state index in [4.69, 9.17) is 0 Å². The summed E-state index contributed by atoms with van der Waals surface area (Å²) in [6.07, 6.45) is 6.27. The third-order valence-electron chi connectivity index (χ3n) is 6.06. The van der Waals surface area contributed by atoms with Crippen molar-refractivity contribution in [3.05, 3.63) is 70.3 Å². The van der Waals surface area contributed by atoms with Crippen molar-refractivity contribution >= 4 is 16.9 Å². The lowest BCUT2D eigenvalue weighted by atomic mass is 9.58. The number of aromatic carboxylic acids is 1. The van der Waals surface area contributed by atoms with Crippen molar-refractivity contribution in [1.29, 1.82) is 0 Å². The van der Waals surface area contributed by atoms with Crippen LogP contribution >= 0.6 is 0 Å². The topological polar surface area (TPSA) is 119 Å². The number of carbonyl (C=O) groups is 1. The number of aromatic nitrogens is 6. The Hall–Kier alpha value is -3.75. The number of rotatable bonds is 4. The third-order valence-corrected chi connectivity index (χ3v) is 6.06. The van der Waals surface area contributed by atoms with E-state index in [1.807, 2.05) is 29.8 Å². The van der Waals surface area contributed by atoms with E-state index >= 15 is 0 Å². The average Bonchev–Trinajstić information content (AvgIpc) is 3.35. The van der Waals surface area contributed by atoms with E-state index in [0.717, 1.165) is 24.2 Å². The molecule has 1 aliphatic rings. The first-order chi connectivity index (χ1) is 14.4. The maximum atomic E-state index is 13.0. The van der Waals surface area contributed by atoms with Gasteiger partial charge in [0.15, 0.2) is 0 Å². The minimum atomic E-state index is -1.12. The summed E-state index contributed by atoms with van der Waals surface area (Å²) in [5, 5.41) is 24.8. The fourth-order valence-corrected chi connectivity index (χ4v) is 4.74. The van der Waals surface area contributed by atoms with E-state index in [0.29, 0.717) is 17.0 Å². The van der Waals surface area contributed by atoms with Crippen molar-refractivity contribution in [2.75, 3.05) is 0 Å². The van der Waals surface area contributed by atoms with Crippen LogP contribution in [0.3, 0.4) is 0 Å². The number of hydrogen-bond donors (Lipinski definition) is 2. The van der Waals surface area contributed by atoms with Crippen LogP contribution in [0.5, 0.6) is 0 Å². The van der Waals surface area contributed by atoms with Crippen molar-refractivity contribution in [2.45, 2.75) is 25.2 Å². The van der Waals surface area contributed by atoms with Gasteiger partial charge in [-0.3, -0.25) is 14.5 Å². The second-order valence-corrected chi connectivity index (χ2v) is 8.09. The maximum absolute atomic E-state index is 13.0. The Morgan fingerprint density at radius 3 is 2.80 bits per heavy atom. The summed E-state index contributed by atoms with van der Waals surface area (Å²) in [6, 6.07) is 7.65. The van der Waals surface area contributed by atoms with Gasteiger partial charge in [0.25, 0.3) is 5.56 Å². The third kappa shape index (κ3) is 2.51. The van der Waals surface area contributed by atoms with Gasteiger partial charge in [-0.05, 0) is 36.5 Å². The number of carboxylic acid groups (broad SMARTS) is 1. The first kappa shape index (κ1) is 18.3. The molecule has 0 amide bonds. The quantitative estimate of drug-likeness (QED) is 0.539. The van der Waals surface area contributed by atoms with E-state index in [1.165, 1.54) is 17.0 Å². The van der Waals surface area contributed by atoms with Crippen LogP contribution in [0.4, 0.5) is 0 Å². The highest BCUT2D eigenvalue weighted by atomic mass is 16.4. The zero-order valence-electron chi connectivity index (χ0n) is 16.5. The Balaban J connectivity index is 1.70. The second kappa shape index (κ2) is 6.38. The number of H-pyrrole nitrogens is 1. The molecule has 1 saturated carbocycles. The van der Waals surface area contributed by atoms with E-state index in [9.17, 15) is 14.7 Å². The molecule has 0 atom stereocenters. The lowest BCUT2D eigenvalue weighted by Gasteiger charge is -2.46. The second-order valence-electron chi connectivity index (χ2n) is 8.09. The highest BCUT2D eigenvalue weighted by Gasteiger charge is 2.48. The first-order valence-corrected chi connectivity index (χ1v) is 9.68. The number of hydrogen-bond acceptors (Lipinski definition) is 5. The molecule has 1 aliphatic carbocycles. The molecule has 1 aromatic carbocycles. The number of nitrogens with one attached hydrogen (secondary N) is 1. The Bertz CT molecular complexity index is 1340. The molecule has 9 heteroatoms. The lowest BCUT2D eigenvalue weighted by molar-refractivity contribution is 0.0698. The summed E-state index contributed by atoms with van der Waals surface area (Å²) < 4.78 is 3.30. The van der Waals surface area contributed by atoms with Gasteiger partial charge in [-0.25, -0.2) is 4.79 Å². The van der Waals surface area contributed by atoms with Crippen LogP contribution in [0.1, 0.15) is 41.5 Å². The summed E-state index contributed by atoms with van der Waals surface area (Å²) in [5.74, 6) is 0.322. The van der Waals surface area contributed by atoms with Gasteiger partial charge in [-0.2, -0.15) is 5.10 Å². The number of fused-ring (bicyclic) bond motifs is 1. The Labute approximate surface area is 171 Å². The van der Waals surface area contributed by atoms with Crippen molar-refractivity contribution in [1.82, 2.24) is 29.5 Å². The maximum Gasteiger partial charge on any atom is 0.337 e. The van der Waals surface area contributed by atoms with Gasteiger partial charge in [0, 0.05) is 24.3 Å². The fraction of sp³-hybridized carbons (Fsp3) is 0.286. The molecule has 5 rings (SSSR count). The smallest absolute Gasteiger partial charge is 0.337 e. The van der Waals surface area contributed by atoms with Gasteiger partial charge >= 0.3 is 5.97 Å². The monoisotopic (exact) mass is 404 g/mol. The Morgan fingerprint density at radius 2 is 2.13 bits per heavy atom. The highest BCUT2D eigenvalue weighted by molar-refractivity contribution is 6.01. The summed E-state index contributed by atoms with van der Waals surface area (Å²) in [7, 11) is 1.93. The van der Waals surface area contributed by atoms with E-state index < -0.39 is 5.97 Å². The molecule has 4 aromatic rings. The predicted molar refractivity (Wildman–Crippen MR) is 109 cm³/mol. The molecule has 0 saturated heterocycles. The van der Waals surface area contributed by atoms with Crippen molar-refractivity contribution < 1.29 is 9.90 Å². The molecule has 0 unspecified atom stereocenters. The predicted octanol–water partition coefficient (Wildman–Crippen LogP) is 2.26. The molecule has 3 heterocycles. The van der Waals surface area contributed by atoms with Crippen LogP contribution in [0.15, 0.2) is 47.8 Å². The Morgan fingerprint density at radius 1 is 1.33 bits per heavy atom. The van der Waals surface area contributed by atoms with Crippen LogP contribution < -0.4 is 5.56 Å². The van der Waals surface area contributed by atoms with E-state index in [2.05, 4.69) is 27.3 Å². The zero-order valence-corrected chi connectivity index (χ0v) is 16.5. The van der Waals surface area contributed by atoms with Crippen LogP contribution in [0.2, 0.25) is 0 Å². The molecule has 152 valence electrons. The van der Waals surface area contributed by atoms with Crippen molar-refractivity contribution in [3.63, 3.8) is 0 Å². The summed E-state index contributed by atoms with van der Waals surface area (Å²) >= 11 is 0. The normalized spacial score (nSPS) is 20.9. The first-order valence-electron chi connectivity index (χ1n) is 9.68. The number of nitrogens with zero attached hydrogens (tertiary/aromatic N) is 5. The van der Waals surface area contributed by atoms with Crippen LogP contribution in [-0.2, 0) is 12.5 Å². The molecule has 0 aliphatic heterocycles. The summed E-state index contributed by atoms with van der Waals surface area (Å²) in [6.45, 7) is 2.20. The minimum Gasteiger partial charge on any atom is -0.478 e. The van der Waals surface area contributed by atoms with Crippen LogP contribution in [0.25, 0.3) is 16.6 Å². The van der Waals surface area contributed by atoms with E-state index in [-0.39, 0.29) is 22.1 Å². The molecule has 1 fully saturated rings. The van der Waals surface area contributed by atoms with Crippen LogP contribution in [-0.4, -0.2) is 40.6 Å². The molecule has 0 radical (unpaired) electrons.